The number of nitrogens with two attached hydrogens (primary N) is 1. The van der Waals surface area contributed by atoms with Crippen LogP contribution in [-0.4, -0.2) is 24.0 Å². The Bertz CT molecular complexity index is 983. The highest BCUT2D eigenvalue weighted by Gasteiger charge is 2.20. The molecule has 0 bridgehead atoms. The van der Waals surface area contributed by atoms with Gasteiger partial charge in [0.2, 0.25) is 5.91 Å². The lowest BCUT2D eigenvalue weighted by Crippen LogP contribution is -2.43. The number of rotatable bonds is 4. The van der Waals surface area contributed by atoms with Crippen LogP contribution in [0.25, 0.3) is 10.2 Å². The number of halogens is 2. The van der Waals surface area contributed by atoms with Crippen molar-refractivity contribution in [1.82, 2.24) is 4.98 Å². The number of thiazole rings is 1. The molecule has 26 heavy (non-hydrogen) atoms. The molecule has 0 saturated heterocycles. The van der Waals surface area contributed by atoms with E-state index in [0.29, 0.717) is 16.8 Å². The van der Waals surface area contributed by atoms with Gasteiger partial charge in [-0.2, -0.15) is 13.5 Å². The Hall–Kier alpha value is -2.23. The molecule has 0 aliphatic rings. The highest BCUT2D eigenvalue weighted by molar-refractivity contribution is 7.59. The maximum absolute atomic E-state index is 13.2. The van der Waals surface area contributed by atoms with Crippen LogP contribution in [0.2, 0.25) is 0 Å². The van der Waals surface area contributed by atoms with Gasteiger partial charge >= 0.3 is 4.87 Å². The largest absolute Gasteiger partial charge is 0.320 e. The SMILES string of the molecule is CN(C(=O)[C@@H](N)Cc1cc(F)cc(F)c1)c1ccc2sc(=O)[nH]c2c1.S. The first-order valence-corrected chi connectivity index (χ1v) is 8.26. The van der Waals surface area contributed by atoms with Gasteiger partial charge in [0.25, 0.3) is 0 Å². The van der Waals surface area contributed by atoms with E-state index < -0.39 is 23.6 Å². The number of H-pyrrole nitrogens is 1. The Morgan fingerprint density at radius 3 is 2.54 bits per heavy atom. The van der Waals surface area contributed by atoms with Crippen molar-refractivity contribution in [1.29, 1.82) is 0 Å². The van der Waals surface area contributed by atoms with E-state index in [1.54, 1.807) is 25.2 Å². The Balaban J connectivity index is 0.00000243. The van der Waals surface area contributed by atoms with Gasteiger partial charge in [0.15, 0.2) is 0 Å². The zero-order valence-corrected chi connectivity index (χ0v) is 15.6. The summed E-state index contributed by atoms with van der Waals surface area (Å²) in [4.78, 5) is 27.7. The molecule has 9 heteroatoms. The van der Waals surface area contributed by atoms with Gasteiger partial charge in [-0.25, -0.2) is 8.78 Å². The van der Waals surface area contributed by atoms with Gasteiger partial charge in [-0.05, 0) is 42.3 Å². The van der Waals surface area contributed by atoms with Gasteiger partial charge in [-0.15, -0.1) is 0 Å². The van der Waals surface area contributed by atoms with Crippen molar-refractivity contribution in [2.45, 2.75) is 12.5 Å². The van der Waals surface area contributed by atoms with E-state index in [-0.39, 0.29) is 24.8 Å². The fourth-order valence-corrected chi connectivity index (χ4v) is 3.31. The second-order valence-corrected chi connectivity index (χ2v) is 6.70. The Morgan fingerprint density at radius 2 is 1.88 bits per heavy atom. The number of carbonyl (C=O) groups is 1. The van der Waals surface area contributed by atoms with E-state index in [1.165, 1.54) is 4.90 Å². The summed E-state index contributed by atoms with van der Waals surface area (Å²) in [6, 6.07) is 7.24. The van der Waals surface area contributed by atoms with Crippen LogP contribution in [0.5, 0.6) is 0 Å². The fourth-order valence-electron chi connectivity index (χ4n) is 2.59. The topological polar surface area (TPSA) is 79.2 Å². The van der Waals surface area contributed by atoms with Crippen LogP contribution >= 0.6 is 24.8 Å². The number of aromatic nitrogens is 1. The van der Waals surface area contributed by atoms with Crippen molar-refractivity contribution in [3.8, 4) is 0 Å². The molecule has 2 aromatic carbocycles. The second kappa shape index (κ2) is 7.98. The minimum Gasteiger partial charge on any atom is -0.320 e. The van der Waals surface area contributed by atoms with Crippen molar-refractivity contribution in [3.63, 3.8) is 0 Å². The minimum atomic E-state index is -0.955. The molecule has 1 amide bonds. The molecule has 1 heterocycles. The molecule has 0 unspecified atom stereocenters. The third-order valence-corrected chi connectivity index (χ3v) is 4.68. The molecule has 0 aliphatic carbocycles. The molecule has 0 aliphatic heterocycles. The van der Waals surface area contributed by atoms with Gasteiger partial charge in [0, 0.05) is 18.8 Å². The van der Waals surface area contributed by atoms with E-state index in [0.717, 1.165) is 34.2 Å². The molecule has 3 N–H and O–H groups in total. The van der Waals surface area contributed by atoms with Crippen molar-refractivity contribution in [3.05, 3.63) is 63.3 Å². The molecule has 3 aromatic rings. The van der Waals surface area contributed by atoms with E-state index in [1.807, 2.05) is 0 Å². The second-order valence-electron chi connectivity index (χ2n) is 5.68. The number of carbonyl (C=O) groups excluding carboxylic acids is 1. The molecule has 5 nitrogen and oxygen atoms in total. The number of nitrogens with one attached hydrogen (secondary N) is 1. The summed E-state index contributed by atoms with van der Waals surface area (Å²) in [6.45, 7) is 0. The zero-order chi connectivity index (χ0) is 18.1. The molecule has 0 saturated carbocycles. The van der Waals surface area contributed by atoms with E-state index in [2.05, 4.69) is 4.98 Å². The van der Waals surface area contributed by atoms with Crippen LogP contribution in [0.3, 0.4) is 0 Å². The maximum atomic E-state index is 13.2. The van der Waals surface area contributed by atoms with Crippen LogP contribution < -0.4 is 15.5 Å². The monoisotopic (exact) mass is 397 g/mol. The summed E-state index contributed by atoms with van der Waals surface area (Å²) in [7, 11) is 1.56. The number of nitrogens with zero attached hydrogens (tertiary/aromatic N) is 1. The number of likely N-dealkylation sites (N-methyl/N-ethyl adjacent to an activating group) is 1. The van der Waals surface area contributed by atoms with E-state index in [9.17, 15) is 18.4 Å². The van der Waals surface area contributed by atoms with Crippen LogP contribution in [-0.2, 0) is 11.2 Å². The molecular formula is C17H17F2N3O2S2. The number of hydrogen-bond acceptors (Lipinski definition) is 4. The van der Waals surface area contributed by atoms with Crippen LogP contribution in [0.15, 0.2) is 41.2 Å². The molecule has 138 valence electrons. The highest BCUT2D eigenvalue weighted by atomic mass is 32.1. The van der Waals surface area contributed by atoms with Crippen molar-refractivity contribution in [2.75, 3.05) is 11.9 Å². The number of amides is 1. The first-order valence-electron chi connectivity index (χ1n) is 7.44. The van der Waals surface area contributed by atoms with Gasteiger partial charge in [0.05, 0.1) is 16.3 Å². The zero-order valence-electron chi connectivity index (χ0n) is 13.8. The Kier molecular flexibility index (Phi) is 6.17. The number of fused-ring (bicyclic) bond motifs is 1. The van der Waals surface area contributed by atoms with E-state index in [4.69, 9.17) is 5.73 Å². The normalized spacial score (nSPS) is 11.8. The van der Waals surface area contributed by atoms with Crippen LogP contribution in [0.4, 0.5) is 14.5 Å². The van der Waals surface area contributed by atoms with Gasteiger partial charge in [-0.1, -0.05) is 11.3 Å². The highest BCUT2D eigenvalue weighted by Crippen LogP contribution is 2.22. The lowest BCUT2D eigenvalue weighted by atomic mass is 10.0. The predicted molar refractivity (Wildman–Crippen MR) is 104 cm³/mol. The number of hydrogen-bond donors (Lipinski definition) is 2. The quantitative estimate of drug-likeness (QED) is 0.710. The molecular weight excluding hydrogens is 380 g/mol. The summed E-state index contributed by atoms with van der Waals surface area (Å²) in [5.41, 5.74) is 7.42. The maximum Gasteiger partial charge on any atom is 0.305 e. The summed E-state index contributed by atoms with van der Waals surface area (Å²) < 4.78 is 27.3. The molecule has 3 rings (SSSR count). The van der Waals surface area contributed by atoms with Gasteiger partial charge in [0.1, 0.15) is 11.6 Å². The number of benzene rings is 2. The van der Waals surface area contributed by atoms with E-state index >= 15 is 0 Å². The predicted octanol–water partition coefficient (Wildman–Crippen LogP) is 2.51. The summed E-state index contributed by atoms with van der Waals surface area (Å²) >= 11 is 1.08. The summed E-state index contributed by atoms with van der Waals surface area (Å²) in [6.07, 6.45) is 0.00931. The summed E-state index contributed by atoms with van der Waals surface area (Å²) in [5.74, 6) is -1.83. The third kappa shape index (κ3) is 4.29. The average Bonchev–Trinajstić information content (AvgIpc) is 2.91. The first-order chi connectivity index (χ1) is 11.8. The summed E-state index contributed by atoms with van der Waals surface area (Å²) in [5, 5.41) is 0. The van der Waals surface area contributed by atoms with Gasteiger partial charge in [-0.3, -0.25) is 9.59 Å². The van der Waals surface area contributed by atoms with Gasteiger partial charge < -0.3 is 15.6 Å². The first kappa shape index (κ1) is 20.1. The van der Waals surface area contributed by atoms with Crippen molar-refractivity contribution >= 4 is 46.6 Å². The average molecular weight is 397 g/mol. The van der Waals surface area contributed by atoms with Crippen LogP contribution in [0.1, 0.15) is 5.56 Å². The third-order valence-electron chi connectivity index (χ3n) is 3.82. The smallest absolute Gasteiger partial charge is 0.305 e. The van der Waals surface area contributed by atoms with Crippen molar-refractivity contribution < 1.29 is 13.6 Å². The Morgan fingerprint density at radius 1 is 1.23 bits per heavy atom. The molecule has 1 aromatic heterocycles. The number of anilines is 1. The fraction of sp³-hybridized carbons (Fsp3) is 0.176. The van der Waals surface area contributed by atoms with Crippen molar-refractivity contribution in [2.24, 2.45) is 5.73 Å². The molecule has 0 fully saturated rings. The number of aromatic amines is 1. The Labute approximate surface area is 158 Å². The minimum absolute atomic E-state index is 0. The standard InChI is InChI=1S/C17H15F2N3O2S.H2S/c1-22(12-2-3-15-14(8-12)21-17(24)25-15)16(23)13(20)6-9-4-10(18)7-11(19)5-9;/h2-5,7-8,13H,6,20H2,1H3,(H,21,24);1H2/t13-;/m0./s1. The lowest BCUT2D eigenvalue weighted by molar-refractivity contribution is -0.119. The molecule has 1 atom stereocenters. The molecule has 0 radical (unpaired) electrons. The molecule has 0 spiro atoms. The lowest BCUT2D eigenvalue weighted by Gasteiger charge is -2.21. The van der Waals surface area contributed by atoms with Crippen LogP contribution in [0, 0.1) is 11.6 Å².